The molecule has 2 unspecified atom stereocenters. The van der Waals surface area contributed by atoms with Gasteiger partial charge >= 0.3 is 0 Å². The van der Waals surface area contributed by atoms with Gasteiger partial charge in [-0.2, -0.15) is 0 Å². The van der Waals surface area contributed by atoms with Crippen LogP contribution in [0.5, 0.6) is 5.75 Å². The fraction of sp³-hybridized carbons (Fsp3) is 0.231. The number of para-hydroxylation sites is 1. The molecule has 0 saturated carbocycles. The van der Waals surface area contributed by atoms with Crippen molar-refractivity contribution < 1.29 is 19.4 Å². The van der Waals surface area contributed by atoms with E-state index < -0.39 is 17.7 Å². The molecule has 0 radical (unpaired) electrons. The summed E-state index contributed by atoms with van der Waals surface area (Å²) in [6, 6.07) is 14.2. The largest absolute Gasteiger partial charge is 0.507 e. The third kappa shape index (κ3) is 3.14. The summed E-state index contributed by atoms with van der Waals surface area (Å²) < 4.78 is 5.76. The van der Waals surface area contributed by atoms with E-state index in [0.717, 1.165) is 33.7 Å². The normalized spacial score (nSPS) is 21.7. The minimum Gasteiger partial charge on any atom is -0.507 e. The first-order valence-electron chi connectivity index (χ1n) is 10.6. The molecule has 1 amide bonds. The number of carbonyl (C=O) groups is 2. The van der Waals surface area contributed by atoms with Crippen LogP contribution in [-0.2, 0) is 16.0 Å². The van der Waals surface area contributed by atoms with Gasteiger partial charge in [0.15, 0.2) is 0 Å². The quantitative estimate of drug-likeness (QED) is 0.337. The Morgan fingerprint density at radius 2 is 1.88 bits per heavy atom. The van der Waals surface area contributed by atoms with Gasteiger partial charge in [-0.25, -0.2) is 0 Å². The lowest BCUT2D eigenvalue weighted by molar-refractivity contribution is -0.132. The number of ether oxygens (including phenoxy) is 1. The van der Waals surface area contributed by atoms with Crippen molar-refractivity contribution in [3.63, 3.8) is 0 Å². The molecule has 0 spiro atoms. The Bertz CT molecular complexity index is 1290. The van der Waals surface area contributed by atoms with E-state index in [1.807, 2.05) is 68.6 Å². The summed E-state index contributed by atoms with van der Waals surface area (Å²) in [6.07, 6.45) is 0.810. The third-order valence-corrected chi connectivity index (χ3v) is 7.21. The topological polar surface area (TPSA) is 66.8 Å². The molecule has 2 aliphatic heterocycles. The zero-order valence-corrected chi connectivity index (χ0v) is 18.9. The van der Waals surface area contributed by atoms with Gasteiger partial charge in [0.2, 0.25) is 0 Å². The van der Waals surface area contributed by atoms with Crippen LogP contribution >= 0.6 is 11.3 Å². The monoisotopic (exact) mass is 445 g/mol. The number of hydrogen-bond acceptors (Lipinski definition) is 5. The Balaban J connectivity index is 1.71. The highest BCUT2D eigenvalue weighted by atomic mass is 32.1. The second kappa shape index (κ2) is 7.64. The molecule has 1 N–H and O–H groups in total. The van der Waals surface area contributed by atoms with Crippen LogP contribution in [0.2, 0.25) is 0 Å². The molecule has 2 atom stereocenters. The lowest BCUT2D eigenvalue weighted by Gasteiger charge is -2.26. The van der Waals surface area contributed by atoms with Crippen LogP contribution in [0.1, 0.15) is 40.1 Å². The molecule has 32 heavy (non-hydrogen) atoms. The number of carbonyl (C=O) groups excluding carboxylic acids is 2. The predicted molar refractivity (Wildman–Crippen MR) is 125 cm³/mol. The van der Waals surface area contributed by atoms with Gasteiger partial charge in [-0.3, -0.25) is 14.5 Å². The number of Topliss-reactive ketones (excluding diaryl/α,β-unsaturated/α-hetero) is 1. The number of fused-ring (bicyclic) bond motifs is 1. The summed E-state index contributed by atoms with van der Waals surface area (Å²) in [5.41, 5.74) is 4.15. The van der Waals surface area contributed by atoms with Gasteiger partial charge in [0.25, 0.3) is 11.7 Å². The molecule has 0 aliphatic carbocycles. The van der Waals surface area contributed by atoms with Gasteiger partial charge in [0, 0.05) is 22.5 Å². The summed E-state index contributed by atoms with van der Waals surface area (Å²) >= 11 is 1.48. The average Bonchev–Trinajstić information content (AvgIpc) is 3.43. The highest BCUT2D eigenvalue weighted by Crippen LogP contribution is 2.45. The number of nitrogens with zero attached hydrogens (tertiary/aromatic N) is 1. The zero-order valence-electron chi connectivity index (χ0n) is 18.1. The Morgan fingerprint density at radius 1 is 1.09 bits per heavy atom. The molecule has 1 fully saturated rings. The van der Waals surface area contributed by atoms with Crippen molar-refractivity contribution in [1.29, 1.82) is 0 Å². The van der Waals surface area contributed by atoms with Gasteiger partial charge in [0.1, 0.15) is 23.7 Å². The fourth-order valence-corrected chi connectivity index (χ4v) is 5.58. The molecule has 162 valence electrons. The Morgan fingerprint density at radius 3 is 2.59 bits per heavy atom. The van der Waals surface area contributed by atoms with Crippen molar-refractivity contribution >= 4 is 34.5 Å². The number of hydrogen-bond donors (Lipinski definition) is 1. The molecule has 3 heterocycles. The second-order valence-electron chi connectivity index (χ2n) is 8.38. The van der Waals surface area contributed by atoms with E-state index in [9.17, 15) is 14.7 Å². The number of aliphatic hydroxyl groups is 1. The lowest BCUT2D eigenvalue weighted by Crippen LogP contribution is -2.30. The maximum Gasteiger partial charge on any atom is 0.300 e. The SMILES string of the molecule is Cc1ccccc1N1C(=O)C(=O)/C(=C(\O)c2ccc3c(c2)CC(C)O3)C1c1sccc1C. The molecule has 5 nitrogen and oxygen atoms in total. The fourth-order valence-electron chi connectivity index (χ4n) is 4.55. The minimum atomic E-state index is -0.681. The molecular formula is C26H23NO4S. The lowest BCUT2D eigenvalue weighted by atomic mass is 9.96. The smallest absolute Gasteiger partial charge is 0.300 e. The molecule has 2 aromatic carbocycles. The molecule has 5 rings (SSSR count). The van der Waals surface area contributed by atoms with Crippen LogP contribution in [0.4, 0.5) is 5.69 Å². The second-order valence-corrected chi connectivity index (χ2v) is 9.33. The minimum absolute atomic E-state index is 0.0720. The van der Waals surface area contributed by atoms with E-state index in [2.05, 4.69) is 0 Å². The van der Waals surface area contributed by atoms with E-state index in [4.69, 9.17) is 4.74 Å². The maximum absolute atomic E-state index is 13.3. The van der Waals surface area contributed by atoms with E-state index in [-0.39, 0.29) is 17.4 Å². The first-order chi connectivity index (χ1) is 15.4. The highest BCUT2D eigenvalue weighted by Gasteiger charge is 2.48. The van der Waals surface area contributed by atoms with Crippen molar-refractivity contribution in [2.45, 2.75) is 39.3 Å². The Labute approximate surface area is 190 Å². The number of benzene rings is 2. The number of amides is 1. The van der Waals surface area contributed by atoms with E-state index >= 15 is 0 Å². The number of aryl methyl sites for hydroxylation is 2. The van der Waals surface area contributed by atoms with Crippen LogP contribution in [0, 0.1) is 13.8 Å². The highest BCUT2D eigenvalue weighted by molar-refractivity contribution is 7.10. The van der Waals surface area contributed by atoms with Crippen molar-refractivity contribution in [1.82, 2.24) is 0 Å². The van der Waals surface area contributed by atoms with Gasteiger partial charge in [-0.1, -0.05) is 18.2 Å². The number of anilines is 1. The van der Waals surface area contributed by atoms with Crippen molar-refractivity contribution in [3.8, 4) is 5.75 Å². The van der Waals surface area contributed by atoms with Gasteiger partial charge in [-0.15, -0.1) is 11.3 Å². The van der Waals surface area contributed by atoms with Crippen LogP contribution in [0.3, 0.4) is 0 Å². The summed E-state index contributed by atoms with van der Waals surface area (Å²) in [5.74, 6) is -0.662. The molecule has 6 heteroatoms. The van der Waals surface area contributed by atoms with Crippen LogP contribution in [0.15, 0.2) is 59.5 Å². The summed E-state index contributed by atoms with van der Waals surface area (Å²) in [6.45, 7) is 5.86. The van der Waals surface area contributed by atoms with Gasteiger partial charge in [-0.05, 0) is 73.2 Å². The van der Waals surface area contributed by atoms with Crippen LogP contribution < -0.4 is 9.64 Å². The maximum atomic E-state index is 13.3. The van der Waals surface area contributed by atoms with E-state index in [1.54, 1.807) is 6.07 Å². The zero-order chi connectivity index (χ0) is 22.6. The number of aliphatic hydroxyl groups excluding tert-OH is 1. The number of ketones is 1. The average molecular weight is 446 g/mol. The Hall–Kier alpha value is -3.38. The Kier molecular flexibility index (Phi) is 4.90. The van der Waals surface area contributed by atoms with E-state index in [1.165, 1.54) is 16.2 Å². The predicted octanol–water partition coefficient (Wildman–Crippen LogP) is 5.31. The first-order valence-corrected chi connectivity index (χ1v) is 11.5. The van der Waals surface area contributed by atoms with Crippen LogP contribution in [0.25, 0.3) is 5.76 Å². The molecule has 2 aliphatic rings. The molecule has 1 saturated heterocycles. The first kappa shape index (κ1) is 20.5. The standard InChI is InChI=1S/C26H23NO4S/c1-14-6-4-5-7-19(14)27-22(25-15(2)10-11-32-25)21(24(29)26(27)30)23(28)17-8-9-20-18(13-17)12-16(3)31-20/h4-11,13,16,22,28H,12H2,1-3H3/b23-21-. The van der Waals surface area contributed by atoms with Crippen molar-refractivity contribution in [2.24, 2.45) is 0 Å². The number of rotatable bonds is 3. The van der Waals surface area contributed by atoms with Crippen molar-refractivity contribution in [2.75, 3.05) is 4.90 Å². The van der Waals surface area contributed by atoms with E-state index in [0.29, 0.717) is 11.3 Å². The summed E-state index contributed by atoms with van der Waals surface area (Å²) in [5, 5.41) is 13.3. The number of thiophene rings is 1. The molecule has 3 aromatic rings. The molecular weight excluding hydrogens is 422 g/mol. The van der Waals surface area contributed by atoms with Crippen LogP contribution in [-0.4, -0.2) is 22.9 Å². The third-order valence-electron chi connectivity index (χ3n) is 6.14. The summed E-state index contributed by atoms with van der Waals surface area (Å²) in [7, 11) is 0. The van der Waals surface area contributed by atoms with Gasteiger partial charge < -0.3 is 9.84 Å². The van der Waals surface area contributed by atoms with Gasteiger partial charge in [0.05, 0.1) is 5.57 Å². The molecule has 0 bridgehead atoms. The molecule has 1 aromatic heterocycles. The summed E-state index contributed by atoms with van der Waals surface area (Å²) in [4.78, 5) is 29.0. The van der Waals surface area contributed by atoms with Crippen molar-refractivity contribution in [3.05, 3.63) is 86.6 Å².